The fourth-order valence-corrected chi connectivity index (χ4v) is 12.2. The van der Waals surface area contributed by atoms with Crippen molar-refractivity contribution < 1.29 is 37.1 Å². The molecule has 1 atom stereocenters. The maximum atomic E-state index is 10.0. The van der Waals surface area contributed by atoms with Crippen LogP contribution >= 0.6 is 0 Å². The van der Waals surface area contributed by atoms with E-state index in [2.05, 4.69) is 10.1 Å². The Morgan fingerprint density at radius 2 is 1.59 bits per heavy atom. The van der Waals surface area contributed by atoms with Gasteiger partial charge in [-0.1, -0.05) is 0 Å². The van der Waals surface area contributed by atoms with Gasteiger partial charge in [0.25, 0.3) is 0 Å². The van der Waals surface area contributed by atoms with E-state index in [0.717, 1.165) is 0 Å². The van der Waals surface area contributed by atoms with E-state index in [1.807, 2.05) is 26.6 Å². The molecule has 0 aliphatic heterocycles. The molecule has 0 bridgehead atoms. The molecule has 0 amide bonds. The molecule has 0 saturated carbocycles. The maximum absolute atomic E-state index is 10.0. The van der Waals surface area contributed by atoms with Crippen LogP contribution in [-0.2, 0) is 22.4 Å². The van der Waals surface area contributed by atoms with Crippen LogP contribution < -0.4 is 11.1 Å². The lowest BCUT2D eigenvalue weighted by Gasteiger charge is -2.34. The zero-order valence-electron chi connectivity index (χ0n) is 17.8. The van der Waals surface area contributed by atoms with Crippen LogP contribution in [0.5, 0.6) is 0 Å². The number of hydrogen-bond donors (Lipinski definition) is 5. The number of aliphatic hydroxyl groups is 1. The Morgan fingerprint density at radius 3 is 2.04 bits per heavy atom. The minimum Gasteiger partial charge on any atom is -0.437 e. The van der Waals surface area contributed by atoms with Gasteiger partial charge in [0, 0.05) is 20.3 Å². The number of rotatable bonds is 14. The number of nitrogens with one attached hydrogen (secondary N) is 1. The lowest BCUT2D eigenvalue weighted by atomic mass is 10.4. The van der Waals surface area contributed by atoms with Gasteiger partial charge in [-0.15, -0.1) is 0 Å². The molecular weight excluding hydrogens is 408 g/mol. The van der Waals surface area contributed by atoms with Gasteiger partial charge in [0.05, 0.1) is 26.2 Å². The first-order valence-electron chi connectivity index (χ1n) is 8.87. The summed E-state index contributed by atoms with van der Waals surface area (Å²) >= 11 is 0. The largest absolute Gasteiger partial charge is 0.513 e. The smallest absolute Gasteiger partial charge is 0.437 e. The molecule has 27 heavy (non-hydrogen) atoms. The Labute approximate surface area is 166 Å². The predicted molar refractivity (Wildman–Crippen MR) is 111 cm³/mol. The van der Waals surface area contributed by atoms with Crippen molar-refractivity contribution >= 4 is 25.7 Å². The van der Waals surface area contributed by atoms with E-state index in [-0.39, 0.29) is 12.8 Å². The topological polar surface area (TPSA) is 145 Å². The van der Waals surface area contributed by atoms with Crippen molar-refractivity contribution in [2.75, 3.05) is 46.6 Å². The second-order valence-corrected chi connectivity index (χ2v) is 17.6. The summed E-state index contributed by atoms with van der Waals surface area (Å²) in [6, 6.07) is 0. The molecule has 0 aliphatic rings. The number of methoxy groups -OCH3 is 1. The third kappa shape index (κ3) is 22.4. The highest BCUT2D eigenvalue weighted by Gasteiger charge is 2.43. The molecular formula is C14H40N2O8Si3. The fourth-order valence-electron chi connectivity index (χ4n) is 1.97. The fraction of sp³-hybridized carbons (Fsp3) is 1.00. The molecule has 166 valence electrons. The molecule has 0 aliphatic carbocycles. The predicted octanol–water partition coefficient (Wildman–Crippen LogP) is -0.471. The highest BCUT2D eigenvalue weighted by atomic mass is 28.5. The highest BCUT2D eigenvalue weighted by Crippen LogP contribution is 2.18. The van der Waals surface area contributed by atoms with Gasteiger partial charge in [0.1, 0.15) is 6.23 Å². The van der Waals surface area contributed by atoms with Gasteiger partial charge in [-0.3, -0.25) is 5.32 Å². The molecule has 13 heteroatoms. The molecule has 0 aromatic rings. The van der Waals surface area contributed by atoms with Crippen LogP contribution in [0.25, 0.3) is 0 Å². The number of ether oxygens (including phenoxy) is 3. The van der Waals surface area contributed by atoms with Crippen LogP contribution in [0.4, 0.5) is 0 Å². The van der Waals surface area contributed by atoms with Crippen molar-refractivity contribution in [3.8, 4) is 0 Å². The SMILES string of the molecule is CCOCNCC(O)COC[Si](O)(O)O[Si](C)(C)O[Si](C)(C)C.COCN. The third-order valence-electron chi connectivity index (χ3n) is 2.52. The average molecular weight is 449 g/mol. The van der Waals surface area contributed by atoms with Crippen molar-refractivity contribution in [1.29, 1.82) is 0 Å². The second kappa shape index (κ2) is 15.1. The lowest BCUT2D eigenvalue weighted by Crippen LogP contribution is -2.57. The van der Waals surface area contributed by atoms with E-state index >= 15 is 0 Å². The minimum atomic E-state index is -3.97. The second-order valence-electron chi connectivity index (χ2n) is 7.18. The molecule has 0 heterocycles. The molecule has 0 aromatic carbocycles. The van der Waals surface area contributed by atoms with Gasteiger partial charge in [-0.2, -0.15) is 0 Å². The summed E-state index contributed by atoms with van der Waals surface area (Å²) in [7, 11) is -6.87. The quantitative estimate of drug-likeness (QED) is 0.134. The number of aliphatic hydroxyl groups excluding tert-OH is 1. The molecule has 0 fully saturated rings. The molecule has 0 saturated heterocycles. The number of nitrogens with two attached hydrogens (primary N) is 1. The van der Waals surface area contributed by atoms with Gasteiger partial charge < -0.3 is 42.9 Å². The monoisotopic (exact) mass is 448 g/mol. The van der Waals surface area contributed by atoms with E-state index in [1.165, 1.54) is 0 Å². The van der Waals surface area contributed by atoms with Crippen LogP contribution in [0.1, 0.15) is 6.92 Å². The first kappa shape index (κ1) is 29.5. The van der Waals surface area contributed by atoms with E-state index < -0.39 is 31.8 Å². The molecule has 0 spiro atoms. The summed E-state index contributed by atoms with van der Waals surface area (Å²) in [5.74, 6) is 0. The Hall–Kier alpha value is 0.251. The van der Waals surface area contributed by atoms with Crippen molar-refractivity contribution in [3.63, 3.8) is 0 Å². The summed E-state index contributed by atoms with van der Waals surface area (Å²) < 4.78 is 25.9. The van der Waals surface area contributed by atoms with Gasteiger partial charge in [-0.25, -0.2) is 0 Å². The Bertz CT molecular complexity index is 358. The number of hydrogen-bond acceptors (Lipinski definition) is 10. The van der Waals surface area contributed by atoms with Gasteiger partial charge >= 0.3 is 17.4 Å². The average Bonchev–Trinajstić information content (AvgIpc) is 2.48. The zero-order valence-corrected chi connectivity index (χ0v) is 20.8. The van der Waals surface area contributed by atoms with E-state index in [1.54, 1.807) is 20.2 Å². The van der Waals surface area contributed by atoms with Crippen LogP contribution in [0, 0.1) is 0 Å². The maximum Gasteiger partial charge on any atom is 0.513 e. The lowest BCUT2D eigenvalue weighted by molar-refractivity contribution is 0.0284. The summed E-state index contributed by atoms with van der Waals surface area (Å²) in [6.45, 7) is 13.0. The molecule has 0 aromatic heterocycles. The van der Waals surface area contributed by atoms with Crippen molar-refractivity contribution in [1.82, 2.24) is 5.32 Å². The van der Waals surface area contributed by atoms with E-state index in [4.69, 9.17) is 23.4 Å². The zero-order chi connectivity index (χ0) is 21.6. The standard InChI is InChI=1S/C12H33NO7Si3.C2H7NO/c1-7-17-10-13-8-12(14)9-18-11-23(15,16)20-22(5,6)19-21(2,3)4;1-4-2-3/h12-16H,7-11H2,1-6H3;2-3H2,1H3. The van der Waals surface area contributed by atoms with Crippen molar-refractivity contribution in [2.45, 2.75) is 45.8 Å². The van der Waals surface area contributed by atoms with E-state index in [0.29, 0.717) is 26.6 Å². The highest BCUT2D eigenvalue weighted by molar-refractivity contribution is 6.84. The molecule has 6 N–H and O–H groups in total. The first-order chi connectivity index (χ1) is 12.3. The van der Waals surface area contributed by atoms with Gasteiger partial charge in [0.15, 0.2) is 8.32 Å². The Kier molecular flexibility index (Phi) is 16.5. The Balaban J connectivity index is 0. The first-order valence-corrected chi connectivity index (χ1v) is 17.1. The summed E-state index contributed by atoms with van der Waals surface area (Å²) in [5, 5.41) is 12.6. The van der Waals surface area contributed by atoms with Crippen LogP contribution in [-0.4, -0.2) is 93.0 Å². The molecule has 0 rings (SSSR count). The molecule has 1 unspecified atom stereocenters. The van der Waals surface area contributed by atoms with Crippen molar-refractivity contribution in [2.24, 2.45) is 5.73 Å². The van der Waals surface area contributed by atoms with Crippen LogP contribution in [0.15, 0.2) is 0 Å². The van der Waals surface area contributed by atoms with Gasteiger partial charge in [0.2, 0.25) is 0 Å². The van der Waals surface area contributed by atoms with Crippen molar-refractivity contribution in [3.05, 3.63) is 0 Å². The Morgan fingerprint density at radius 1 is 1.04 bits per heavy atom. The van der Waals surface area contributed by atoms with E-state index in [9.17, 15) is 14.7 Å². The minimum absolute atomic E-state index is 0.0186. The van der Waals surface area contributed by atoms with Gasteiger partial charge in [-0.05, 0) is 39.7 Å². The summed E-state index contributed by atoms with van der Waals surface area (Å²) in [6.07, 6.45) is -1.09. The van der Waals surface area contributed by atoms with Crippen LogP contribution in [0.3, 0.4) is 0 Å². The van der Waals surface area contributed by atoms with Crippen LogP contribution in [0.2, 0.25) is 32.7 Å². The third-order valence-corrected chi connectivity index (χ3v) is 10.8. The molecule has 0 radical (unpaired) electrons. The summed E-state index contributed by atoms with van der Waals surface area (Å²) in [4.78, 5) is 20.0. The summed E-state index contributed by atoms with van der Waals surface area (Å²) in [5.41, 5.74) is 4.81. The molecule has 10 nitrogen and oxygen atoms in total. The normalized spacial score (nSPS) is 13.9.